The minimum absolute atomic E-state index is 0.0694. The Bertz CT molecular complexity index is 806. The molecule has 0 saturated carbocycles. The third kappa shape index (κ3) is 4.83. The molecule has 1 aliphatic heterocycles. The molecule has 1 fully saturated rings. The molecule has 1 aromatic carbocycles. The van der Waals surface area contributed by atoms with Crippen LogP contribution in [0.25, 0.3) is 11.6 Å². The molecule has 27 heavy (non-hydrogen) atoms. The van der Waals surface area contributed by atoms with E-state index in [4.69, 9.17) is 4.74 Å². The zero-order chi connectivity index (χ0) is 19.2. The number of esters is 1. The van der Waals surface area contributed by atoms with Crippen molar-refractivity contribution in [3.8, 4) is 0 Å². The summed E-state index contributed by atoms with van der Waals surface area (Å²) in [6.07, 6.45) is 3.01. The molecular formula is C21H22FNO3S. The number of amides is 1. The topological polar surface area (TPSA) is 46.6 Å². The summed E-state index contributed by atoms with van der Waals surface area (Å²) < 4.78 is 18.3. The zero-order valence-electron chi connectivity index (χ0n) is 15.2. The summed E-state index contributed by atoms with van der Waals surface area (Å²) in [5.41, 5.74) is 2.20. The lowest BCUT2D eigenvalue weighted by atomic mass is 9.95. The van der Waals surface area contributed by atoms with Crippen LogP contribution in [-0.4, -0.2) is 36.5 Å². The molecule has 6 heteroatoms. The van der Waals surface area contributed by atoms with E-state index in [1.54, 1.807) is 30.0 Å². The number of hydrogen-bond acceptors (Lipinski definition) is 4. The van der Waals surface area contributed by atoms with E-state index in [2.05, 4.69) is 0 Å². The van der Waals surface area contributed by atoms with Gasteiger partial charge in [0.15, 0.2) is 0 Å². The van der Waals surface area contributed by atoms with E-state index < -0.39 is 0 Å². The number of nitrogens with zero attached hydrogens (tertiary/aromatic N) is 1. The summed E-state index contributed by atoms with van der Waals surface area (Å²) in [5, 5.41) is 3.85. The Kier molecular flexibility index (Phi) is 6.40. The summed E-state index contributed by atoms with van der Waals surface area (Å²) in [5.74, 6) is -0.694. The number of ether oxygens (including phenoxy) is 1. The van der Waals surface area contributed by atoms with Crippen molar-refractivity contribution in [1.29, 1.82) is 0 Å². The fourth-order valence-electron chi connectivity index (χ4n) is 3.16. The normalized spacial score (nSPS) is 15.6. The van der Waals surface area contributed by atoms with Crippen molar-refractivity contribution in [3.05, 3.63) is 58.0 Å². The fourth-order valence-corrected chi connectivity index (χ4v) is 3.82. The van der Waals surface area contributed by atoms with Crippen molar-refractivity contribution in [2.75, 3.05) is 19.7 Å². The lowest BCUT2D eigenvalue weighted by Gasteiger charge is -2.31. The first-order valence-corrected chi connectivity index (χ1v) is 9.98. The molecular weight excluding hydrogens is 365 g/mol. The third-order valence-electron chi connectivity index (χ3n) is 4.65. The van der Waals surface area contributed by atoms with Crippen LogP contribution in [0, 0.1) is 11.7 Å². The Morgan fingerprint density at radius 3 is 2.52 bits per heavy atom. The average molecular weight is 387 g/mol. The quantitative estimate of drug-likeness (QED) is 0.570. The largest absolute Gasteiger partial charge is 0.466 e. The van der Waals surface area contributed by atoms with Gasteiger partial charge in [-0.25, -0.2) is 4.39 Å². The summed E-state index contributed by atoms with van der Waals surface area (Å²) in [6, 6.07) is 7.98. The van der Waals surface area contributed by atoms with Gasteiger partial charge in [-0.1, -0.05) is 12.1 Å². The lowest BCUT2D eigenvalue weighted by molar-refractivity contribution is -0.150. The second-order valence-electron chi connectivity index (χ2n) is 6.44. The average Bonchev–Trinajstić information content (AvgIpc) is 3.22. The minimum atomic E-state index is -0.309. The standard InChI is InChI=1S/C21H22FNO3S/c1-2-26-21(25)16-7-10-23(11-8-16)20(24)19(17-9-12-27-14-17)13-15-3-5-18(22)6-4-15/h3-6,9,12-14,16H,2,7-8,10-11H2,1H3/b19-13-. The first-order valence-electron chi connectivity index (χ1n) is 9.04. The van der Waals surface area contributed by atoms with Gasteiger partial charge in [0.1, 0.15) is 5.82 Å². The van der Waals surface area contributed by atoms with Gasteiger partial charge in [0.25, 0.3) is 5.91 Å². The number of likely N-dealkylation sites (tertiary alicyclic amines) is 1. The molecule has 1 aliphatic rings. The molecule has 2 heterocycles. The number of piperidine rings is 1. The van der Waals surface area contributed by atoms with Crippen molar-refractivity contribution in [1.82, 2.24) is 4.90 Å². The molecule has 142 valence electrons. The highest BCUT2D eigenvalue weighted by Crippen LogP contribution is 2.26. The van der Waals surface area contributed by atoms with E-state index in [-0.39, 0.29) is 23.6 Å². The second-order valence-corrected chi connectivity index (χ2v) is 7.22. The van der Waals surface area contributed by atoms with Crippen LogP contribution in [0.1, 0.15) is 30.9 Å². The molecule has 0 atom stereocenters. The first-order chi connectivity index (χ1) is 13.1. The van der Waals surface area contributed by atoms with Crippen LogP contribution in [0.3, 0.4) is 0 Å². The molecule has 0 N–H and O–H groups in total. The Morgan fingerprint density at radius 2 is 1.93 bits per heavy atom. The van der Waals surface area contributed by atoms with Crippen LogP contribution in [0.15, 0.2) is 41.1 Å². The lowest BCUT2D eigenvalue weighted by Crippen LogP contribution is -2.41. The SMILES string of the molecule is CCOC(=O)C1CCN(C(=O)/C(=C\c2ccc(F)cc2)c2ccsc2)CC1. The number of thiophene rings is 1. The highest BCUT2D eigenvalue weighted by Gasteiger charge is 2.29. The summed E-state index contributed by atoms with van der Waals surface area (Å²) in [6.45, 7) is 3.21. The second kappa shape index (κ2) is 8.95. The van der Waals surface area contributed by atoms with Crippen LogP contribution >= 0.6 is 11.3 Å². The predicted molar refractivity (Wildman–Crippen MR) is 105 cm³/mol. The fraction of sp³-hybridized carbons (Fsp3) is 0.333. The minimum Gasteiger partial charge on any atom is -0.466 e. The number of halogens is 1. The Morgan fingerprint density at radius 1 is 1.22 bits per heavy atom. The van der Waals surface area contributed by atoms with Gasteiger partial charge < -0.3 is 9.64 Å². The summed E-state index contributed by atoms with van der Waals surface area (Å²) in [4.78, 5) is 26.8. The highest BCUT2D eigenvalue weighted by atomic mass is 32.1. The van der Waals surface area contributed by atoms with Gasteiger partial charge in [-0.15, -0.1) is 0 Å². The Labute approximate surface area is 162 Å². The van der Waals surface area contributed by atoms with E-state index in [9.17, 15) is 14.0 Å². The molecule has 0 unspecified atom stereocenters. The van der Waals surface area contributed by atoms with E-state index in [1.165, 1.54) is 23.5 Å². The van der Waals surface area contributed by atoms with Crippen LogP contribution in [-0.2, 0) is 14.3 Å². The number of carbonyl (C=O) groups is 2. The van der Waals surface area contributed by atoms with Gasteiger partial charge in [0, 0.05) is 18.7 Å². The Balaban J connectivity index is 1.77. The molecule has 2 aromatic rings. The maximum atomic E-state index is 13.2. The van der Waals surface area contributed by atoms with Gasteiger partial charge in [-0.05, 0) is 65.9 Å². The van der Waals surface area contributed by atoms with E-state index in [1.807, 2.05) is 16.8 Å². The predicted octanol–water partition coefficient (Wildman–Crippen LogP) is 4.23. The molecule has 4 nitrogen and oxygen atoms in total. The van der Waals surface area contributed by atoms with Crippen LogP contribution in [0.5, 0.6) is 0 Å². The molecule has 1 amide bonds. The number of benzene rings is 1. The number of carbonyl (C=O) groups excluding carboxylic acids is 2. The smallest absolute Gasteiger partial charge is 0.309 e. The molecule has 0 spiro atoms. The van der Waals surface area contributed by atoms with Crippen molar-refractivity contribution >= 4 is 34.9 Å². The van der Waals surface area contributed by atoms with E-state index >= 15 is 0 Å². The highest BCUT2D eigenvalue weighted by molar-refractivity contribution is 7.08. The van der Waals surface area contributed by atoms with Crippen molar-refractivity contribution < 1.29 is 18.7 Å². The van der Waals surface area contributed by atoms with Gasteiger partial charge in [-0.3, -0.25) is 9.59 Å². The molecule has 3 rings (SSSR count). The van der Waals surface area contributed by atoms with Crippen LogP contribution < -0.4 is 0 Å². The van der Waals surface area contributed by atoms with Gasteiger partial charge in [0.05, 0.1) is 12.5 Å². The number of rotatable bonds is 5. The van der Waals surface area contributed by atoms with Crippen molar-refractivity contribution in [2.24, 2.45) is 5.92 Å². The monoisotopic (exact) mass is 387 g/mol. The molecule has 1 aromatic heterocycles. The molecule has 0 aliphatic carbocycles. The third-order valence-corrected chi connectivity index (χ3v) is 5.33. The van der Waals surface area contributed by atoms with Crippen LogP contribution in [0.2, 0.25) is 0 Å². The number of hydrogen-bond donors (Lipinski definition) is 0. The Hall–Kier alpha value is -2.47. The maximum Gasteiger partial charge on any atom is 0.309 e. The van der Waals surface area contributed by atoms with E-state index in [0.29, 0.717) is 38.1 Å². The molecule has 0 bridgehead atoms. The maximum absolute atomic E-state index is 13.2. The summed E-state index contributed by atoms with van der Waals surface area (Å²) >= 11 is 1.52. The molecule has 0 radical (unpaired) electrons. The van der Waals surface area contributed by atoms with Gasteiger partial charge in [0.2, 0.25) is 0 Å². The van der Waals surface area contributed by atoms with Crippen LogP contribution in [0.4, 0.5) is 4.39 Å². The van der Waals surface area contributed by atoms with Crippen molar-refractivity contribution in [3.63, 3.8) is 0 Å². The summed E-state index contributed by atoms with van der Waals surface area (Å²) in [7, 11) is 0. The van der Waals surface area contributed by atoms with Crippen molar-refractivity contribution in [2.45, 2.75) is 19.8 Å². The van der Waals surface area contributed by atoms with Gasteiger partial charge >= 0.3 is 5.97 Å². The zero-order valence-corrected chi connectivity index (χ0v) is 16.0. The van der Waals surface area contributed by atoms with E-state index in [0.717, 1.165) is 11.1 Å². The molecule has 1 saturated heterocycles. The van der Waals surface area contributed by atoms with Gasteiger partial charge in [-0.2, -0.15) is 11.3 Å². The first kappa shape index (κ1) is 19.3.